The number of aliphatic imine (C=N–C) groups is 1. The highest BCUT2D eigenvalue weighted by atomic mass is 35.5. The molecule has 6 heterocycles. The molecule has 8 N–H and O–H groups in total. The van der Waals surface area contributed by atoms with Crippen molar-refractivity contribution in [3.8, 4) is 0 Å². The zero-order chi connectivity index (χ0) is 83.9. The van der Waals surface area contributed by atoms with Crippen LogP contribution in [0.4, 0.5) is 22.2 Å². The van der Waals surface area contributed by atoms with E-state index < -0.39 is 17.5 Å². The number of nitrogens with zero attached hydrogens (tertiary/aromatic N) is 5. The number of aromatic carboxylic acids is 1. The Morgan fingerprint density at radius 2 is 0.831 bits per heavy atom. The predicted molar refractivity (Wildman–Crippen MR) is 465 cm³/mol. The van der Waals surface area contributed by atoms with E-state index in [9.17, 15) is 47.9 Å². The van der Waals surface area contributed by atoms with Crippen molar-refractivity contribution in [2.45, 2.75) is 52.4 Å². The Labute approximate surface area is 705 Å². The standard InChI is InChI=1S/C24H16ClN3O4S.C19H16ClNO3S.C17H12ClNO3S.C10H10N2O2S.C8H6ClNO.C7H6N2O2/c25-15-4-1-13(2-5-15)9-17(29)12-22-27-19-7-3-14(10-21(19)33-22)23(30)26-16-6-8-18-20(11-16)32-24(31)28-18;1-2-24-19(23)13-5-8-16-17(10-13)25-18(21-16)11-15(22)9-12-3-6-14(20)7-4-12;18-12-4-1-10(2-5-12)7-13(20)9-16-19-14-6-3-11(17(21)22)8-15(14)23-16;1-2-14-9(13)6-3-4-7-8(5-6)15-10(11)12-7;9-7-1-3-8(4-2-7)10-5-6-11;8-4-1-2-5-6(3-4)11-7(10)9-5/h1-8,10-11H,9,12H2,(H,26,30)(H,28,31);3-8,10H,2,9,11H2,1H3;1-6,8H,7,9H2,(H,21,22);3-5H,2H2,1H3,(H2,11,12);1-6H;1-3H,8H2,(H,9,10). The normalized spacial score (nSPS) is 10.8. The van der Waals surface area contributed by atoms with E-state index in [4.69, 9.17) is 81.3 Å². The summed E-state index contributed by atoms with van der Waals surface area (Å²) in [5, 5.41) is 17.0. The summed E-state index contributed by atoms with van der Waals surface area (Å²) in [6.45, 7) is 4.26. The molecule has 0 aliphatic heterocycles. The zero-order valence-electron chi connectivity index (χ0n) is 62.1. The van der Waals surface area contributed by atoms with Crippen LogP contribution in [-0.2, 0) is 67.2 Å². The summed E-state index contributed by atoms with van der Waals surface area (Å²) in [4.78, 5) is 142. The third-order valence-electron chi connectivity index (χ3n) is 16.5. The number of amides is 1. The molecule has 0 saturated carbocycles. The monoisotopic (exact) mass is 1730 g/mol. The number of benzene rings is 10. The van der Waals surface area contributed by atoms with Crippen molar-refractivity contribution in [1.29, 1.82) is 0 Å². The first-order valence-corrected chi connectivity index (χ1v) is 40.3. The number of aldehydes is 1. The van der Waals surface area contributed by atoms with Gasteiger partial charge in [-0.15, -0.1) is 34.0 Å². The van der Waals surface area contributed by atoms with Crippen molar-refractivity contribution in [3.05, 3.63) is 301 Å². The number of anilines is 3. The maximum atomic E-state index is 12.7. The summed E-state index contributed by atoms with van der Waals surface area (Å²) in [5.74, 6) is -2.73. The van der Waals surface area contributed by atoms with Gasteiger partial charge in [0.2, 0.25) is 0 Å². The van der Waals surface area contributed by atoms with Crippen LogP contribution < -0.4 is 28.3 Å². The quantitative estimate of drug-likeness (QED) is 0.0168. The van der Waals surface area contributed by atoms with Gasteiger partial charge in [0.25, 0.3) is 5.91 Å². The number of carboxylic acids is 1. The number of hydrogen-bond acceptors (Lipinski definition) is 25. The van der Waals surface area contributed by atoms with Gasteiger partial charge < -0.3 is 40.2 Å². The van der Waals surface area contributed by atoms with Gasteiger partial charge in [0, 0.05) is 68.4 Å². The summed E-state index contributed by atoms with van der Waals surface area (Å²) in [5.41, 5.74) is 22.4. The van der Waals surface area contributed by atoms with Crippen molar-refractivity contribution in [1.82, 2.24) is 29.9 Å². The van der Waals surface area contributed by atoms with Gasteiger partial charge in [0.1, 0.15) is 32.4 Å². The van der Waals surface area contributed by atoms with Crippen molar-refractivity contribution < 1.29 is 61.8 Å². The van der Waals surface area contributed by atoms with Gasteiger partial charge in [-0.05, 0) is 188 Å². The van der Waals surface area contributed by atoms with Crippen molar-refractivity contribution >= 4 is 231 Å². The minimum Gasteiger partial charge on any atom is -0.478 e. The number of aromatic nitrogens is 6. The number of carbonyl (C=O) groups excluding carboxylic acids is 7. The van der Waals surface area contributed by atoms with Crippen LogP contribution in [0.3, 0.4) is 0 Å². The van der Waals surface area contributed by atoms with Crippen LogP contribution in [0.2, 0.25) is 20.1 Å². The van der Waals surface area contributed by atoms with Crippen molar-refractivity contribution in [3.63, 3.8) is 0 Å². The molecule has 0 atom stereocenters. The molecule has 33 heteroatoms. The number of halogens is 4. The van der Waals surface area contributed by atoms with E-state index in [1.165, 1.54) is 57.6 Å². The third-order valence-corrected chi connectivity index (χ3v) is 21.4. The number of esters is 2. The average Bonchev–Trinajstić information content (AvgIpc) is 1.69. The predicted octanol–water partition coefficient (Wildman–Crippen LogP) is 18.5. The molecule has 0 radical (unpaired) electrons. The van der Waals surface area contributed by atoms with Crippen LogP contribution in [-0.4, -0.2) is 102 Å². The topological polar surface area (TPSA) is 395 Å². The van der Waals surface area contributed by atoms with Crippen LogP contribution in [0.15, 0.2) is 230 Å². The van der Waals surface area contributed by atoms with E-state index in [0.29, 0.717) is 130 Å². The number of hydrogen-bond donors (Lipinski definition) is 6. The number of H-pyrrole nitrogens is 2. The second-order valence-corrected chi connectivity index (χ2v) is 31.4. The number of aromatic amines is 2. The van der Waals surface area contributed by atoms with Gasteiger partial charge in [0.15, 0.2) is 22.6 Å². The number of carboxylic acid groups (broad SMARTS) is 1. The summed E-state index contributed by atoms with van der Waals surface area (Å²) in [6.07, 6.45) is 3.56. The fourth-order valence-electron chi connectivity index (χ4n) is 11.1. The lowest BCUT2D eigenvalue weighted by Crippen LogP contribution is -2.11. The maximum Gasteiger partial charge on any atom is 0.417 e. The molecule has 0 saturated heterocycles. The van der Waals surface area contributed by atoms with Crippen LogP contribution in [0, 0.1) is 0 Å². The van der Waals surface area contributed by atoms with E-state index in [2.05, 4.69) is 40.2 Å². The van der Waals surface area contributed by atoms with E-state index in [-0.39, 0.29) is 60.0 Å². The fourth-order valence-corrected chi connectivity index (χ4v) is 15.4. The number of oxazole rings is 2. The van der Waals surface area contributed by atoms with Crippen LogP contribution >= 0.6 is 91.8 Å². The number of Topliss-reactive ketones (excluding diaryl/α,β-unsaturated/α-hetero) is 3. The van der Waals surface area contributed by atoms with E-state index in [1.54, 1.807) is 178 Å². The van der Waals surface area contributed by atoms with Gasteiger partial charge in [-0.3, -0.25) is 38.9 Å². The lowest BCUT2D eigenvalue weighted by molar-refractivity contribution is -0.118. The van der Waals surface area contributed by atoms with Crippen LogP contribution in [0.5, 0.6) is 0 Å². The molecular formula is C85H66Cl4N10O15S4. The highest BCUT2D eigenvalue weighted by Gasteiger charge is 2.18. The molecule has 0 unspecified atom stereocenters. The second-order valence-electron chi connectivity index (χ2n) is 25.2. The lowest BCUT2D eigenvalue weighted by Gasteiger charge is -2.05. The van der Waals surface area contributed by atoms with E-state index in [0.717, 1.165) is 62.7 Å². The molecule has 16 rings (SSSR count). The molecular weight excluding hydrogens is 1670 g/mol. The zero-order valence-corrected chi connectivity index (χ0v) is 68.4. The Kier molecular flexibility index (Phi) is 30.1. The van der Waals surface area contributed by atoms with Crippen molar-refractivity contribution in [2.24, 2.45) is 4.99 Å². The highest BCUT2D eigenvalue weighted by Crippen LogP contribution is 2.30. The SMILES string of the molecule is CCOC(=O)c1ccc2nc(CC(=O)Cc3ccc(Cl)cc3)sc2c1.CCOC(=O)c1ccc2nc(N)sc2c1.Nc1ccc2[nH]c(=O)oc2c1.O=C(Cc1ccc(Cl)cc1)Cc1nc2ccc(C(=O)Nc3ccc4[nH]c(=O)oc4c3)cc2s1.O=C(Cc1ccc(Cl)cc1)Cc1nc2ccc(C(=O)O)cc2s1.O=CC=Nc1ccc(Cl)cc1. The minimum absolute atomic E-state index is 0.0566. The number of fused-ring (bicyclic) bond motifs is 6. The molecule has 598 valence electrons. The van der Waals surface area contributed by atoms with Gasteiger partial charge in [-0.2, -0.15) is 0 Å². The smallest absolute Gasteiger partial charge is 0.417 e. The Morgan fingerprint density at radius 1 is 0.458 bits per heavy atom. The molecule has 10 aromatic carbocycles. The third kappa shape index (κ3) is 25.2. The first kappa shape index (κ1) is 86.2. The number of nitrogens with two attached hydrogens (primary N) is 2. The van der Waals surface area contributed by atoms with Crippen molar-refractivity contribution in [2.75, 3.05) is 30.0 Å². The summed E-state index contributed by atoms with van der Waals surface area (Å²) in [7, 11) is 0. The molecule has 0 fully saturated rings. The number of nitrogen functional groups attached to an aromatic ring is 2. The number of thiazole rings is 4. The first-order chi connectivity index (χ1) is 56.8. The van der Waals surface area contributed by atoms with Gasteiger partial charge in [-0.25, -0.2) is 43.9 Å². The molecule has 0 spiro atoms. The molecule has 25 nitrogen and oxygen atoms in total. The second kappa shape index (κ2) is 41.2. The molecule has 0 aliphatic carbocycles. The minimum atomic E-state index is -0.972. The summed E-state index contributed by atoms with van der Waals surface area (Å²) in [6, 6.07) is 58.9. The van der Waals surface area contributed by atoms with E-state index in [1.807, 2.05) is 36.4 Å². The highest BCUT2D eigenvalue weighted by molar-refractivity contribution is 7.22. The number of ketones is 3. The molecule has 1 amide bonds. The Morgan fingerprint density at radius 3 is 1.25 bits per heavy atom. The van der Waals surface area contributed by atoms with E-state index >= 15 is 0 Å². The fraction of sp³-hybridized carbons (Fsp3) is 0.118. The molecule has 118 heavy (non-hydrogen) atoms. The number of rotatable bonds is 21. The van der Waals surface area contributed by atoms with Crippen LogP contribution in [0.1, 0.15) is 87.0 Å². The Bertz CT molecular complexity index is 6500. The largest absolute Gasteiger partial charge is 0.478 e. The van der Waals surface area contributed by atoms with Gasteiger partial charge >= 0.3 is 29.4 Å². The number of nitrogens with one attached hydrogen (secondary N) is 3. The van der Waals surface area contributed by atoms with Gasteiger partial charge in [0.05, 0.1) is 113 Å². The Hall–Kier alpha value is -12.7. The molecule has 0 bridgehead atoms. The lowest BCUT2D eigenvalue weighted by atomic mass is 10.1. The summed E-state index contributed by atoms with van der Waals surface area (Å²) >= 11 is 28.7. The maximum absolute atomic E-state index is 12.7. The molecule has 0 aliphatic rings. The summed E-state index contributed by atoms with van der Waals surface area (Å²) < 4.78 is 23.1. The number of ether oxygens (including phenoxy) is 2. The average molecular weight is 1740 g/mol. The first-order valence-electron chi connectivity index (χ1n) is 35.5. The number of carbonyl (C=O) groups is 8. The molecule has 6 aromatic heterocycles. The van der Waals surface area contributed by atoms with Crippen LogP contribution in [0.25, 0.3) is 63.1 Å². The Balaban J connectivity index is 0.000000145. The van der Waals surface area contributed by atoms with Gasteiger partial charge in [-0.1, -0.05) is 94.1 Å². The molecule has 16 aromatic rings.